The van der Waals surface area contributed by atoms with Gasteiger partial charge >= 0.3 is 17.8 Å². The number of aryl methyl sites for hydroxylation is 1. The van der Waals surface area contributed by atoms with E-state index in [2.05, 4.69) is 0 Å². The van der Waals surface area contributed by atoms with Crippen molar-refractivity contribution in [3.63, 3.8) is 0 Å². The normalized spacial score (nSPS) is 11.7. The average Bonchev–Trinajstić information content (AvgIpc) is 2.76. The van der Waals surface area contributed by atoms with Gasteiger partial charge in [0, 0.05) is 10.9 Å². The van der Waals surface area contributed by atoms with Gasteiger partial charge in [0.2, 0.25) is 0 Å². The minimum atomic E-state index is -4.79. The summed E-state index contributed by atoms with van der Waals surface area (Å²) in [5.74, 6) is -0.884. The topological polar surface area (TPSA) is 97.0 Å². The number of rotatable bonds is 10. The van der Waals surface area contributed by atoms with Gasteiger partial charge in [0.05, 0.1) is 29.2 Å². The molecule has 35 heavy (non-hydrogen) atoms. The van der Waals surface area contributed by atoms with Gasteiger partial charge in [-0.05, 0) is 55.5 Å². The molecule has 3 rings (SSSR count). The molecule has 2 aromatic carbocycles. The van der Waals surface area contributed by atoms with Crippen LogP contribution in [0.1, 0.15) is 48.4 Å². The Hall–Kier alpha value is -3.20. The van der Waals surface area contributed by atoms with Gasteiger partial charge < -0.3 is 19.4 Å². The number of aromatic hydroxyl groups is 1. The summed E-state index contributed by atoms with van der Waals surface area (Å²) in [6.07, 6.45) is -3.79. The molecule has 188 valence electrons. The Labute approximate surface area is 203 Å². The van der Waals surface area contributed by atoms with Crippen molar-refractivity contribution in [1.29, 1.82) is 0 Å². The Kier molecular flexibility index (Phi) is 8.32. The van der Waals surface area contributed by atoms with Gasteiger partial charge in [-0.25, -0.2) is 4.79 Å². The van der Waals surface area contributed by atoms with Crippen LogP contribution in [0.5, 0.6) is 11.5 Å². The zero-order chi connectivity index (χ0) is 25.8. The van der Waals surface area contributed by atoms with Crippen molar-refractivity contribution in [3.05, 3.63) is 68.0 Å². The number of phenols is 1. The van der Waals surface area contributed by atoms with E-state index in [0.717, 1.165) is 6.07 Å². The van der Waals surface area contributed by atoms with Crippen LogP contribution in [0.15, 0.2) is 39.5 Å². The smallest absolute Gasteiger partial charge is 0.417 e. The molecular formula is C25H24ClF3O6. The summed E-state index contributed by atoms with van der Waals surface area (Å²) in [5, 5.41) is 18.9. The fraction of sp³-hybridized carbons (Fsp3) is 0.360. The van der Waals surface area contributed by atoms with Crippen molar-refractivity contribution in [2.45, 2.75) is 51.6 Å². The third kappa shape index (κ3) is 6.28. The number of hydrogen-bond acceptors (Lipinski definition) is 5. The van der Waals surface area contributed by atoms with Crippen molar-refractivity contribution in [2.75, 3.05) is 6.61 Å². The van der Waals surface area contributed by atoms with Crippen molar-refractivity contribution < 1.29 is 37.3 Å². The molecule has 1 aromatic heterocycles. The molecule has 0 aliphatic heterocycles. The first-order valence-electron chi connectivity index (χ1n) is 11.0. The van der Waals surface area contributed by atoms with Gasteiger partial charge in [0.1, 0.15) is 17.1 Å². The van der Waals surface area contributed by atoms with Crippen LogP contribution in [-0.2, 0) is 30.2 Å². The lowest BCUT2D eigenvalue weighted by Gasteiger charge is -2.16. The van der Waals surface area contributed by atoms with E-state index >= 15 is 0 Å². The first-order chi connectivity index (χ1) is 16.5. The van der Waals surface area contributed by atoms with Gasteiger partial charge in [-0.2, -0.15) is 13.2 Å². The van der Waals surface area contributed by atoms with Gasteiger partial charge in [0.25, 0.3) is 0 Å². The predicted molar refractivity (Wildman–Crippen MR) is 124 cm³/mol. The largest absolute Gasteiger partial charge is 0.508 e. The minimum Gasteiger partial charge on any atom is -0.508 e. The first-order valence-corrected chi connectivity index (χ1v) is 11.4. The van der Waals surface area contributed by atoms with E-state index in [1.807, 2.05) is 0 Å². The number of carboxylic acid groups (broad SMARTS) is 1. The van der Waals surface area contributed by atoms with Crippen LogP contribution in [0.2, 0.25) is 5.02 Å². The van der Waals surface area contributed by atoms with E-state index in [1.54, 1.807) is 13.0 Å². The van der Waals surface area contributed by atoms with E-state index in [0.29, 0.717) is 24.2 Å². The van der Waals surface area contributed by atoms with E-state index < -0.39 is 28.9 Å². The van der Waals surface area contributed by atoms with Crippen LogP contribution >= 0.6 is 11.6 Å². The fourth-order valence-corrected chi connectivity index (χ4v) is 4.18. The highest BCUT2D eigenvalue weighted by Crippen LogP contribution is 2.39. The lowest BCUT2D eigenvalue weighted by Crippen LogP contribution is -2.19. The molecule has 6 nitrogen and oxygen atoms in total. The van der Waals surface area contributed by atoms with Crippen molar-refractivity contribution in [1.82, 2.24) is 0 Å². The molecule has 1 heterocycles. The zero-order valence-corrected chi connectivity index (χ0v) is 19.6. The number of ether oxygens (including phenoxy) is 1. The quantitative estimate of drug-likeness (QED) is 0.250. The van der Waals surface area contributed by atoms with E-state index in [-0.39, 0.29) is 59.6 Å². The van der Waals surface area contributed by atoms with E-state index in [4.69, 9.17) is 25.9 Å². The van der Waals surface area contributed by atoms with Crippen LogP contribution in [-0.4, -0.2) is 22.8 Å². The molecule has 0 saturated carbocycles. The molecule has 0 fully saturated rings. The number of fused-ring (bicyclic) bond motifs is 1. The summed E-state index contributed by atoms with van der Waals surface area (Å²) in [7, 11) is 0. The molecule has 0 saturated heterocycles. The highest BCUT2D eigenvalue weighted by atomic mass is 35.5. The second-order valence-corrected chi connectivity index (χ2v) is 8.48. The Balaban J connectivity index is 1.76. The molecule has 2 N–H and O–H groups in total. The maximum absolute atomic E-state index is 14.0. The minimum absolute atomic E-state index is 0.132. The molecule has 0 amide bonds. The first kappa shape index (κ1) is 26.4. The number of aliphatic carboxylic acids is 1. The van der Waals surface area contributed by atoms with Crippen molar-refractivity contribution in [2.24, 2.45) is 0 Å². The Morgan fingerprint density at radius 1 is 1.11 bits per heavy atom. The Morgan fingerprint density at radius 2 is 1.86 bits per heavy atom. The molecular weight excluding hydrogens is 489 g/mol. The summed E-state index contributed by atoms with van der Waals surface area (Å²) in [5.41, 5.74) is -2.14. The SMILES string of the molecule is CCCc1c(O)ccc2c(C(F)(F)F)c(CCCCOc3ccc(CC(=O)O)cc3Cl)c(=O)oc12. The maximum atomic E-state index is 14.0. The fourth-order valence-electron chi connectivity index (χ4n) is 3.92. The van der Waals surface area contributed by atoms with Crippen LogP contribution < -0.4 is 10.4 Å². The third-order valence-electron chi connectivity index (χ3n) is 5.46. The monoisotopic (exact) mass is 512 g/mol. The van der Waals surface area contributed by atoms with Gasteiger partial charge in [-0.1, -0.05) is 31.0 Å². The number of hydrogen-bond donors (Lipinski definition) is 2. The van der Waals surface area contributed by atoms with Crippen molar-refractivity contribution in [3.8, 4) is 11.5 Å². The number of unbranched alkanes of at least 4 members (excludes halogenated alkanes) is 1. The lowest BCUT2D eigenvalue weighted by atomic mass is 9.96. The number of carboxylic acids is 1. The molecule has 0 unspecified atom stereocenters. The lowest BCUT2D eigenvalue weighted by molar-refractivity contribution is -0.137. The number of phenolic OH excluding ortho intramolecular Hbond substituents is 1. The number of halogens is 4. The molecule has 10 heteroatoms. The summed E-state index contributed by atoms with van der Waals surface area (Å²) < 4.78 is 52.9. The summed E-state index contributed by atoms with van der Waals surface area (Å²) >= 11 is 6.10. The summed E-state index contributed by atoms with van der Waals surface area (Å²) in [6, 6.07) is 6.88. The molecule has 0 radical (unpaired) electrons. The molecule has 0 aliphatic rings. The Bertz CT molecular complexity index is 1280. The highest BCUT2D eigenvalue weighted by Gasteiger charge is 2.38. The predicted octanol–water partition coefficient (Wildman–Crippen LogP) is 6.15. The van der Waals surface area contributed by atoms with Crippen molar-refractivity contribution >= 4 is 28.5 Å². The van der Waals surface area contributed by atoms with Crippen LogP contribution in [0.4, 0.5) is 13.2 Å². The van der Waals surface area contributed by atoms with Crippen LogP contribution in [0.25, 0.3) is 11.0 Å². The van der Waals surface area contributed by atoms with Gasteiger partial charge in [-0.15, -0.1) is 0 Å². The second kappa shape index (κ2) is 11.0. The zero-order valence-electron chi connectivity index (χ0n) is 18.9. The van der Waals surface area contributed by atoms with E-state index in [9.17, 15) is 27.9 Å². The molecule has 0 atom stereocenters. The summed E-state index contributed by atoms with van der Waals surface area (Å²) in [4.78, 5) is 23.4. The second-order valence-electron chi connectivity index (χ2n) is 8.07. The third-order valence-corrected chi connectivity index (χ3v) is 5.76. The maximum Gasteiger partial charge on any atom is 0.417 e. The molecule has 3 aromatic rings. The summed E-state index contributed by atoms with van der Waals surface area (Å²) in [6.45, 7) is 1.93. The Morgan fingerprint density at radius 3 is 2.49 bits per heavy atom. The van der Waals surface area contributed by atoms with E-state index in [1.165, 1.54) is 18.2 Å². The van der Waals surface area contributed by atoms with Crippen LogP contribution in [0.3, 0.4) is 0 Å². The molecule has 0 aliphatic carbocycles. The standard InChI is InChI=1S/C25H24ClF3O6/c1-2-5-15-19(30)9-8-16-22(25(27,28)29)17(24(33)35-23(15)16)6-3-4-11-34-20-10-7-14(12-18(20)26)13-21(31)32/h7-10,12,30H,2-6,11,13H2,1H3,(H,31,32). The van der Waals surface area contributed by atoms with Crippen LogP contribution in [0, 0.1) is 0 Å². The van der Waals surface area contributed by atoms with Gasteiger partial charge in [-0.3, -0.25) is 4.79 Å². The number of benzene rings is 2. The molecule has 0 bridgehead atoms. The number of carbonyl (C=O) groups is 1. The average molecular weight is 513 g/mol. The van der Waals surface area contributed by atoms with Gasteiger partial charge in [0.15, 0.2) is 0 Å². The molecule has 0 spiro atoms. The number of alkyl halides is 3. The highest BCUT2D eigenvalue weighted by molar-refractivity contribution is 6.32.